The predicted molar refractivity (Wildman–Crippen MR) is 159 cm³/mol. The van der Waals surface area contributed by atoms with Gasteiger partial charge < -0.3 is 30.0 Å². The first kappa shape index (κ1) is 27.1. The van der Waals surface area contributed by atoms with Gasteiger partial charge in [0.25, 0.3) is 11.8 Å². The topological polar surface area (TPSA) is 109 Å². The number of likely N-dealkylation sites (tertiary alicyclic amines) is 1. The van der Waals surface area contributed by atoms with Gasteiger partial charge in [-0.05, 0) is 78.9 Å². The molecule has 3 aromatic carbocycles. The lowest BCUT2D eigenvalue weighted by molar-refractivity contribution is 0.0000475. The predicted octanol–water partition coefficient (Wildman–Crippen LogP) is 4.93. The Balaban J connectivity index is 1.08. The van der Waals surface area contributed by atoms with Crippen molar-refractivity contribution >= 4 is 44.6 Å². The van der Waals surface area contributed by atoms with Crippen LogP contribution in [0.1, 0.15) is 32.0 Å². The second kappa shape index (κ2) is 11.8. The van der Waals surface area contributed by atoms with Gasteiger partial charge in [-0.3, -0.25) is 14.5 Å². The van der Waals surface area contributed by atoms with Crippen LogP contribution in [0.4, 0.5) is 11.4 Å². The van der Waals surface area contributed by atoms with Crippen molar-refractivity contribution in [2.75, 3.05) is 50.1 Å². The minimum Gasteiger partial charge on any atom is -0.493 e. The zero-order chi connectivity index (χ0) is 28.3. The minimum atomic E-state index is -0.287. The molecule has 0 bridgehead atoms. The number of amides is 2. The summed E-state index contributed by atoms with van der Waals surface area (Å²) in [6, 6.07) is 18.2. The van der Waals surface area contributed by atoms with E-state index in [0.29, 0.717) is 53.1 Å². The van der Waals surface area contributed by atoms with E-state index in [1.165, 1.54) is 11.3 Å². The second-order valence-corrected chi connectivity index (χ2v) is 11.3. The molecule has 0 atom stereocenters. The van der Waals surface area contributed by atoms with Crippen molar-refractivity contribution in [2.24, 2.45) is 0 Å². The standard InChI is InChI=1S/C31H31N3O6S/c1-19-3-6-22(32-30(36)21-5-8-26-27(13-21)40-12-11-39-26)15-25(19)33-31(37)29-14-20-4-7-24(16-28(20)41-29)38-10-2-9-34-17-23(35)18-34/h3-8,13-16,23,35H,2,9-12,17-18H2,1H3,(H,32,36)(H,33,37). The minimum absolute atomic E-state index is 0.186. The van der Waals surface area contributed by atoms with Crippen LogP contribution in [0.3, 0.4) is 0 Å². The first-order valence-corrected chi connectivity index (χ1v) is 14.4. The summed E-state index contributed by atoms with van der Waals surface area (Å²) < 4.78 is 18.0. The molecule has 0 unspecified atom stereocenters. The van der Waals surface area contributed by atoms with Crippen molar-refractivity contribution in [3.63, 3.8) is 0 Å². The van der Waals surface area contributed by atoms with E-state index in [1.807, 2.05) is 37.3 Å². The summed E-state index contributed by atoms with van der Waals surface area (Å²) in [4.78, 5) is 28.9. The molecule has 0 spiro atoms. The Hall–Kier alpha value is -4.12. The number of aryl methyl sites for hydroxylation is 1. The van der Waals surface area contributed by atoms with E-state index in [-0.39, 0.29) is 17.9 Å². The second-order valence-electron chi connectivity index (χ2n) is 10.2. The Labute approximate surface area is 241 Å². The number of benzene rings is 3. The fourth-order valence-electron chi connectivity index (χ4n) is 4.82. The highest BCUT2D eigenvalue weighted by Crippen LogP contribution is 2.32. The van der Waals surface area contributed by atoms with Crippen LogP contribution in [0.15, 0.2) is 60.7 Å². The Morgan fingerprint density at radius 1 is 0.976 bits per heavy atom. The first-order valence-electron chi connectivity index (χ1n) is 13.6. The summed E-state index contributed by atoms with van der Waals surface area (Å²) in [5.74, 6) is 1.44. The molecule has 3 N–H and O–H groups in total. The van der Waals surface area contributed by atoms with Crippen molar-refractivity contribution in [1.82, 2.24) is 4.90 Å². The third-order valence-electron chi connectivity index (χ3n) is 7.09. The van der Waals surface area contributed by atoms with Gasteiger partial charge >= 0.3 is 0 Å². The van der Waals surface area contributed by atoms with Gasteiger partial charge in [-0.25, -0.2) is 0 Å². The molecule has 0 aliphatic carbocycles. The van der Waals surface area contributed by atoms with Gasteiger partial charge in [0.05, 0.1) is 17.6 Å². The smallest absolute Gasteiger partial charge is 0.265 e. The van der Waals surface area contributed by atoms with Crippen molar-refractivity contribution in [3.8, 4) is 17.2 Å². The number of hydrogen-bond acceptors (Lipinski definition) is 8. The molecular weight excluding hydrogens is 542 g/mol. The monoisotopic (exact) mass is 573 g/mol. The van der Waals surface area contributed by atoms with E-state index in [9.17, 15) is 14.7 Å². The molecule has 1 saturated heterocycles. The number of thiophene rings is 1. The molecular formula is C31H31N3O6S. The molecule has 41 heavy (non-hydrogen) atoms. The molecule has 1 fully saturated rings. The van der Waals surface area contributed by atoms with Crippen LogP contribution in [0.2, 0.25) is 0 Å². The Morgan fingerprint density at radius 2 is 1.80 bits per heavy atom. The molecule has 9 nitrogen and oxygen atoms in total. The van der Waals surface area contributed by atoms with Gasteiger partial charge in [0, 0.05) is 41.3 Å². The molecule has 6 rings (SSSR count). The molecule has 4 aromatic rings. The van der Waals surface area contributed by atoms with Gasteiger partial charge in [-0.15, -0.1) is 11.3 Å². The fraction of sp³-hybridized carbons (Fsp3) is 0.290. The zero-order valence-corrected chi connectivity index (χ0v) is 23.5. The summed E-state index contributed by atoms with van der Waals surface area (Å²) in [7, 11) is 0. The molecule has 0 saturated carbocycles. The quantitative estimate of drug-likeness (QED) is 0.244. The zero-order valence-electron chi connectivity index (χ0n) is 22.6. The number of β-amino-alcohol motifs (C(OH)–C–C–N with tert-alkyl or cyclic N) is 1. The van der Waals surface area contributed by atoms with Crippen LogP contribution in [-0.2, 0) is 0 Å². The van der Waals surface area contributed by atoms with Gasteiger partial charge in [0.1, 0.15) is 19.0 Å². The van der Waals surface area contributed by atoms with E-state index < -0.39 is 0 Å². The van der Waals surface area contributed by atoms with E-state index >= 15 is 0 Å². The number of fused-ring (bicyclic) bond motifs is 2. The third-order valence-corrected chi connectivity index (χ3v) is 8.19. The van der Waals surface area contributed by atoms with E-state index in [0.717, 1.165) is 47.5 Å². The van der Waals surface area contributed by atoms with Crippen molar-refractivity contribution in [3.05, 3.63) is 76.7 Å². The Morgan fingerprint density at radius 3 is 2.63 bits per heavy atom. The molecule has 212 valence electrons. The van der Waals surface area contributed by atoms with Crippen molar-refractivity contribution in [1.29, 1.82) is 0 Å². The van der Waals surface area contributed by atoms with Crippen LogP contribution in [0.25, 0.3) is 10.1 Å². The summed E-state index contributed by atoms with van der Waals surface area (Å²) in [6.07, 6.45) is 0.701. The maximum absolute atomic E-state index is 13.2. The number of nitrogens with zero attached hydrogens (tertiary/aromatic N) is 1. The number of ether oxygens (including phenoxy) is 3. The molecule has 2 amide bonds. The van der Waals surface area contributed by atoms with Crippen molar-refractivity contribution < 1.29 is 28.9 Å². The lowest BCUT2D eigenvalue weighted by Crippen LogP contribution is -2.50. The number of hydrogen-bond donors (Lipinski definition) is 3. The number of anilines is 2. The lowest BCUT2D eigenvalue weighted by Gasteiger charge is -2.35. The molecule has 1 aromatic heterocycles. The first-order chi connectivity index (χ1) is 19.9. The molecule has 10 heteroatoms. The van der Waals surface area contributed by atoms with Crippen LogP contribution in [-0.4, -0.2) is 67.4 Å². The van der Waals surface area contributed by atoms with Crippen LogP contribution < -0.4 is 24.8 Å². The van der Waals surface area contributed by atoms with Crippen LogP contribution in [0.5, 0.6) is 17.2 Å². The van der Waals surface area contributed by atoms with Crippen LogP contribution >= 0.6 is 11.3 Å². The Bertz CT molecular complexity index is 1600. The number of carbonyl (C=O) groups is 2. The highest BCUT2D eigenvalue weighted by atomic mass is 32.1. The average molecular weight is 574 g/mol. The third kappa shape index (κ3) is 6.30. The van der Waals surface area contributed by atoms with Crippen molar-refractivity contribution in [2.45, 2.75) is 19.4 Å². The number of aliphatic hydroxyl groups is 1. The number of nitrogens with one attached hydrogen (secondary N) is 2. The van der Waals surface area contributed by atoms with Gasteiger partial charge in [0.2, 0.25) is 0 Å². The van der Waals surface area contributed by atoms with Gasteiger partial charge in [-0.2, -0.15) is 0 Å². The van der Waals surface area contributed by atoms with Gasteiger partial charge in [-0.1, -0.05) is 6.07 Å². The van der Waals surface area contributed by atoms with Gasteiger partial charge in [0.15, 0.2) is 11.5 Å². The Kier molecular flexibility index (Phi) is 7.78. The highest BCUT2D eigenvalue weighted by Gasteiger charge is 2.23. The molecule has 2 aliphatic heterocycles. The summed E-state index contributed by atoms with van der Waals surface area (Å²) in [6.45, 7) is 5.82. The summed E-state index contributed by atoms with van der Waals surface area (Å²) in [5, 5.41) is 16.2. The van der Waals surface area contributed by atoms with E-state index in [4.69, 9.17) is 14.2 Å². The maximum atomic E-state index is 13.2. The lowest BCUT2D eigenvalue weighted by atomic mass is 10.1. The highest BCUT2D eigenvalue weighted by molar-refractivity contribution is 7.20. The summed E-state index contributed by atoms with van der Waals surface area (Å²) in [5.41, 5.74) is 2.51. The van der Waals surface area contributed by atoms with E-state index in [2.05, 4.69) is 15.5 Å². The van der Waals surface area contributed by atoms with E-state index in [1.54, 1.807) is 30.3 Å². The molecule has 2 aliphatic rings. The largest absolute Gasteiger partial charge is 0.493 e. The fourth-order valence-corrected chi connectivity index (χ4v) is 5.81. The maximum Gasteiger partial charge on any atom is 0.265 e. The average Bonchev–Trinajstić information content (AvgIpc) is 3.39. The number of rotatable bonds is 9. The normalized spacial score (nSPS) is 14.9. The molecule has 0 radical (unpaired) electrons. The SMILES string of the molecule is Cc1ccc(NC(=O)c2ccc3c(c2)OCCO3)cc1NC(=O)c1cc2ccc(OCCCN3CC(O)C3)cc2s1. The number of carbonyl (C=O) groups excluding carboxylic acids is 2. The summed E-state index contributed by atoms with van der Waals surface area (Å²) >= 11 is 1.41. The van der Waals surface area contributed by atoms with Crippen LogP contribution in [0, 0.1) is 6.92 Å². The molecule has 3 heterocycles. The number of aliphatic hydroxyl groups excluding tert-OH is 1.